The number of hydrogen-bond acceptors (Lipinski definition) is 3. The molecule has 0 saturated carbocycles. The molecule has 0 spiro atoms. The molecule has 0 aliphatic heterocycles. The van der Waals surface area contributed by atoms with Crippen molar-refractivity contribution in [2.45, 2.75) is 33.1 Å². The zero-order chi connectivity index (χ0) is 16.0. The van der Waals surface area contributed by atoms with E-state index < -0.39 is 11.7 Å². The van der Waals surface area contributed by atoms with Crippen molar-refractivity contribution in [3.8, 4) is 5.75 Å². The van der Waals surface area contributed by atoms with E-state index in [-0.39, 0.29) is 36.1 Å². The molecule has 116 valence electrons. The number of amides is 2. The number of hydrogen-bond donors (Lipinski definition) is 3. The molecule has 0 bridgehead atoms. The molecule has 1 rings (SSSR count). The van der Waals surface area contributed by atoms with Crippen molar-refractivity contribution in [3.63, 3.8) is 0 Å². The maximum atomic E-state index is 13.5. The highest BCUT2D eigenvalue weighted by Crippen LogP contribution is 2.22. The summed E-state index contributed by atoms with van der Waals surface area (Å²) in [5.41, 5.74) is 5.18. The number of carbonyl (C=O) groups is 2. The maximum absolute atomic E-state index is 13.5. The van der Waals surface area contributed by atoms with Crippen molar-refractivity contribution in [1.29, 1.82) is 0 Å². The van der Waals surface area contributed by atoms with Crippen molar-refractivity contribution in [1.82, 2.24) is 0 Å². The Balaban J connectivity index is 2.66. The fourth-order valence-corrected chi connectivity index (χ4v) is 2.26. The van der Waals surface area contributed by atoms with Crippen LogP contribution in [0.25, 0.3) is 0 Å². The number of rotatable bonds is 7. The average molecular weight is 296 g/mol. The second-order valence-corrected chi connectivity index (χ2v) is 5.58. The standard InChI is InChI=1S/C15H21FN2O3/c1-9(2)5-10(6-14(17)20)7-15(21)18-13-4-3-11(19)8-12(13)16/h3-4,8-10,19H,5-7H2,1-2H3,(H2,17,20)(H,18,21). The minimum absolute atomic E-state index is 0.000159. The fraction of sp³-hybridized carbons (Fsp3) is 0.467. The van der Waals surface area contributed by atoms with Gasteiger partial charge in [0.25, 0.3) is 0 Å². The highest BCUT2D eigenvalue weighted by molar-refractivity contribution is 5.91. The molecule has 0 saturated heterocycles. The largest absolute Gasteiger partial charge is 0.508 e. The molecule has 0 aliphatic carbocycles. The predicted octanol–water partition coefficient (Wildman–Crippen LogP) is 2.40. The highest BCUT2D eigenvalue weighted by atomic mass is 19.1. The number of phenolic OH excluding ortho intramolecular Hbond substituents is 1. The predicted molar refractivity (Wildman–Crippen MR) is 78.1 cm³/mol. The Hall–Kier alpha value is -2.11. The van der Waals surface area contributed by atoms with E-state index in [1.54, 1.807) is 0 Å². The smallest absolute Gasteiger partial charge is 0.224 e. The third kappa shape index (κ3) is 6.25. The van der Waals surface area contributed by atoms with Crippen molar-refractivity contribution in [2.24, 2.45) is 17.6 Å². The van der Waals surface area contributed by atoms with Gasteiger partial charge >= 0.3 is 0 Å². The van der Waals surface area contributed by atoms with E-state index in [1.807, 2.05) is 13.8 Å². The highest BCUT2D eigenvalue weighted by Gasteiger charge is 2.18. The minimum atomic E-state index is -0.710. The molecule has 2 amide bonds. The summed E-state index contributed by atoms with van der Waals surface area (Å²) in [4.78, 5) is 23.0. The van der Waals surface area contributed by atoms with Gasteiger partial charge in [-0.2, -0.15) is 0 Å². The molecule has 0 aromatic heterocycles. The Kier molecular flexibility index (Phi) is 6.14. The summed E-state index contributed by atoms with van der Waals surface area (Å²) < 4.78 is 13.5. The summed E-state index contributed by atoms with van der Waals surface area (Å²) >= 11 is 0. The van der Waals surface area contributed by atoms with Crippen LogP contribution in [0.15, 0.2) is 18.2 Å². The number of aromatic hydroxyl groups is 1. The normalized spacial score (nSPS) is 12.2. The number of nitrogens with one attached hydrogen (secondary N) is 1. The first-order chi connectivity index (χ1) is 9.77. The molecular formula is C15H21FN2O3. The summed E-state index contributed by atoms with van der Waals surface area (Å²) in [6, 6.07) is 3.49. The van der Waals surface area contributed by atoms with Crippen molar-refractivity contribution < 1.29 is 19.1 Å². The molecule has 1 atom stereocenters. The van der Waals surface area contributed by atoms with Gasteiger partial charge in [0, 0.05) is 18.9 Å². The van der Waals surface area contributed by atoms with Gasteiger partial charge in [0.1, 0.15) is 11.6 Å². The van der Waals surface area contributed by atoms with E-state index in [0.29, 0.717) is 12.3 Å². The first-order valence-electron chi connectivity index (χ1n) is 6.84. The van der Waals surface area contributed by atoms with Crippen LogP contribution in [0.1, 0.15) is 33.1 Å². The second kappa shape index (κ2) is 7.61. The Bertz CT molecular complexity index is 518. The third-order valence-electron chi connectivity index (χ3n) is 3.00. The van der Waals surface area contributed by atoms with E-state index in [0.717, 1.165) is 6.07 Å². The molecule has 0 aliphatic rings. The van der Waals surface area contributed by atoms with Gasteiger partial charge in [-0.1, -0.05) is 13.8 Å². The number of benzene rings is 1. The van der Waals surface area contributed by atoms with Crippen LogP contribution < -0.4 is 11.1 Å². The summed E-state index contributed by atoms with van der Waals surface area (Å²) in [6.45, 7) is 3.98. The van der Waals surface area contributed by atoms with Gasteiger partial charge in [0.05, 0.1) is 5.69 Å². The Labute approximate surface area is 123 Å². The van der Waals surface area contributed by atoms with Crippen LogP contribution in [0.3, 0.4) is 0 Å². The zero-order valence-electron chi connectivity index (χ0n) is 12.2. The van der Waals surface area contributed by atoms with Crippen molar-refractivity contribution in [3.05, 3.63) is 24.0 Å². The van der Waals surface area contributed by atoms with Crippen LogP contribution in [0, 0.1) is 17.7 Å². The molecule has 0 heterocycles. The summed E-state index contributed by atoms with van der Waals surface area (Å²) in [5, 5.41) is 11.5. The Morgan fingerprint density at radius 1 is 1.33 bits per heavy atom. The lowest BCUT2D eigenvalue weighted by Gasteiger charge is -2.17. The van der Waals surface area contributed by atoms with Crippen LogP contribution >= 0.6 is 0 Å². The number of nitrogens with two attached hydrogens (primary N) is 1. The topological polar surface area (TPSA) is 92.4 Å². The van der Waals surface area contributed by atoms with Crippen LogP contribution in [-0.2, 0) is 9.59 Å². The summed E-state index contributed by atoms with van der Waals surface area (Å²) in [7, 11) is 0. The molecule has 0 fully saturated rings. The van der Waals surface area contributed by atoms with Crippen LogP contribution in [0.4, 0.5) is 10.1 Å². The molecule has 4 N–H and O–H groups in total. The molecule has 1 unspecified atom stereocenters. The molecule has 5 nitrogen and oxygen atoms in total. The average Bonchev–Trinajstić information content (AvgIpc) is 2.30. The van der Waals surface area contributed by atoms with Crippen LogP contribution in [-0.4, -0.2) is 16.9 Å². The lowest BCUT2D eigenvalue weighted by atomic mass is 9.91. The lowest BCUT2D eigenvalue weighted by Crippen LogP contribution is -2.23. The number of halogens is 1. The summed E-state index contributed by atoms with van der Waals surface area (Å²) in [5.74, 6) is -1.60. The first-order valence-corrected chi connectivity index (χ1v) is 6.84. The molecule has 1 aromatic rings. The summed E-state index contributed by atoms with van der Waals surface area (Å²) in [6.07, 6.45) is 0.916. The third-order valence-corrected chi connectivity index (χ3v) is 3.00. The van der Waals surface area contributed by atoms with Gasteiger partial charge in [-0.25, -0.2) is 4.39 Å². The lowest BCUT2D eigenvalue weighted by molar-refractivity contribution is -0.120. The van der Waals surface area contributed by atoms with Gasteiger partial charge in [-0.05, 0) is 30.4 Å². The Morgan fingerprint density at radius 2 is 2.00 bits per heavy atom. The van der Waals surface area contributed by atoms with Gasteiger partial charge in [0.15, 0.2) is 0 Å². The number of primary amides is 1. The SMILES string of the molecule is CC(C)CC(CC(N)=O)CC(=O)Nc1ccc(O)cc1F. The van der Waals surface area contributed by atoms with Crippen molar-refractivity contribution >= 4 is 17.5 Å². The van der Waals surface area contributed by atoms with Gasteiger partial charge in [-0.3, -0.25) is 9.59 Å². The Morgan fingerprint density at radius 3 is 2.52 bits per heavy atom. The first kappa shape index (κ1) is 16.9. The molecule has 0 radical (unpaired) electrons. The molecule has 1 aromatic carbocycles. The second-order valence-electron chi connectivity index (χ2n) is 5.58. The molecular weight excluding hydrogens is 275 g/mol. The maximum Gasteiger partial charge on any atom is 0.224 e. The number of anilines is 1. The minimum Gasteiger partial charge on any atom is -0.508 e. The molecule has 6 heteroatoms. The quantitative estimate of drug-likeness (QED) is 0.674. The van der Waals surface area contributed by atoms with E-state index in [1.165, 1.54) is 12.1 Å². The number of phenols is 1. The van der Waals surface area contributed by atoms with E-state index in [9.17, 15) is 14.0 Å². The van der Waals surface area contributed by atoms with Crippen LogP contribution in [0.2, 0.25) is 0 Å². The van der Waals surface area contributed by atoms with Gasteiger partial charge in [0.2, 0.25) is 11.8 Å². The number of carbonyl (C=O) groups excluding carboxylic acids is 2. The van der Waals surface area contributed by atoms with E-state index >= 15 is 0 Å². The van der Waals surface area contributed by atoms with E-state index in [4.69, 9.17) is 10.8 Å². The van der Waals surface area contributed by atoms with Crippen LogP contribution in [0.5, 0.6) is 5.75 Å². The van der Waals surface area contributed by atoms with Crippen molar-refractivity contribution in [2.75, 3.05) is 5.32 Å². The fourth-order valence-electron chi connectivity index (χ4n) is 2.26. The zero-order valence-corrected chi connectivity index (χ0v) is 12.2. The van der Waals surface area contributed by atoms with E-state index in [2.05, 4.69) is 5.32 Å². The monoisotopic (exact) mass is 296 g/mol. The van der Waals surface area contributed by atoms with Gasteiger partial charge < -0.3 is 16.2 Å². The van der Waals surface area contributed by atoms with Gasteiger partial charge in [-0.15, -0.1) is 0 Å². The molecule has 21 heavy (non-hydrogen) atoms.